The van der Waals surface area contributed by atoms with E-state index in [1.807, 2.05) is 48.5 Å². The normalized spacial score (nSPS) is 14.8. The van der Waals surface area contributed by atoms with Crippen molar-refractivity contribution < 1.29 is 14.4 Å². The van der Waals surface area contributed by atoms with Crippen molar-refractivity contribution in [2.75, 3.05) is 17.2 Å². The lowest BCUT2D eigenvalue weighted by Crippen LogP contribution is -2.32. The van der Waals surface area contributed by atoms with Gasteiger partial charge in [0.05, 0.1) is 17.2 Å². The zero-order valence-electron chi connectivity index (χ0n) is 16.9. The van der Waals surface area contributed by atoms with Crippen LogP contribution in [-0.2, 0) is 16.0 Å². The molecule has 3 aromatic carbocycles. The molecule has 1 atom stereocenters. The van der Waals surface area contributed by atoms with Crippen LogP contribution in [0, 0.1) is 0 Å². The standard InChI is InChI=1S/C25H23N3O3/c29-23-16-20(18-10-4-6-12-21(18)27-23)25(31)28-22-13-7-5-11-19(22)24(30)26-15-14-17-8-2-1-3-9-17/h1-13,20H,14-16H2,(H,26,30)(H,27,29)(H,28,31). The van der Waals surface area contributed by atoms with Gasteiger partial charge in [0.25, 0.3) is 5.91 Å². The number of carbonyl (C=O) groups excluding carboxylic acids is 3. The smallest absolute Gasteiger partial charge is 0.253 e. The van der Waals surface area contributed by atoms with Crippen LogP contribution < -0.4 is 16.0 Å². The highest BCUT2D eigenvalue weighted by molar-refractivity contribution is 6.08. The largest absolute Gasteiger partial charge is 0.352 e. The second-order valence-corrected chi connectivity index (χ2v) is 7.42. The fraction of sp³-hybridized carbons (Fsp3) is 0.160. The molecule has 0 bridgehead atoms. The zero-order chi connectivity index (χ0) is 21.6. The number of hydrogen-bond donors (Lipinski definition) is 3. The van der Waals surface area contributed by atoms with E-state index >= 15 is 0 Å². The Balaban J connectivity index is 1.45. The van der Waals surface area contributed by atoms with Gasteiger partial charge in [-0.3, -0.25) is 14.4 Å². The first-order valence-corrected chi connectivity index (χ1v) is 10.2. The molecule has 0 fully saturated rings. The topological polar surface area (TPSA) is 87.3 Å². The Hall–Kier alpha value is -3.93. The predicted molar refractivity (Wildman–Crippen MR) is 120 cm³/mol. The summed E-state index contributed by atoms with van der Waals surface area (Å²) in [6.07, 6.45) is 0.781. The van der Waals surface area contributed by atoms with Crippen LogP contribution in [0.3, 0.4) is 0 Å². The molecule has 1 aliphatic rings. The minimum Gasteiger partial charge on any atom is -0.352 e. The predicted octanol–water partition coefficient (Wildman–Crippen LogP) is 3.72. The molecule has 0 aromatic heterocycles. The van der Waals surface area contributed by atoms with E-state index in [1.165, 1.54) is 0 Å². The van der Waals surface area contributed by atoms with Crippen LogP contribution in [0.25, 0.3) is 0 Å². The van der Waals surface area contributed by atoms with Gasteiger partial charge < -0.3 is 16.0 Å². The van der Waals surface area contributed by atoms with Gasteiger partial charge in [0, 0.05) is 18.7 Å². The van der Waals surface area contributed by atoms with Gasteiger partial charge in [-0.2, -0.15) is 0 Å². The molecule has 1 aliphatic heterocycles. The molecule has 0 saturated carbocycles. The van der Waals surface area contributed by atoms with Crippen molar-refractivity contribution in [3.63, 3.8) is 0 Å². The van der Waals surface area contributed by atoms with E-state index in [0.29, 0.717) is 23.5 Å². The number of amides is 3. The molecule has 156 valence electrons. The molecule has 0 spiro atoms. The highest BCUT2D eigenvalue weighted by atomic mass is 16.2. The van der Waals surface area contributed by atoms with Crippen LogP contribution in [0.5, 0.6) is 0 Å². The van der Waals surface area contributed by atoms with E-state index in [-0.39, 0.29) is 24.1 Å². The Morgan fingerprint density at radius 1 is 0.903 bits per heavy atom. The average Bonchev–Trinajstić information content (AvgIpc) is 2.79. The maximum absolute atomic E-state index is 13.0. The highest BCUT2D eigenvalue weighted by Crippen LogP contribution is 2.33. The Morgan fingerprint density at radius 2 is 1.61 bits per heavy atom. The first-order valence-electron chi connectivity index (χ1n) is 10.2. The van der Waals surface area contributed by atoms with Crippen molar-refractivity contribution in [2.24, 2.45) is 0 Å². The van der Waals surface area contributed by atoms with Crippen molar-refractivity contribution in [1.29, 1.82) is 0 Å². The molecule has 6 heteroatoms. The summed E-state index contributed by atoms with van der Waals surface area (Å²) in [7, 11) is 0. The molecular formula is C25H23N3O3. The molecule has 1 unspecified atom stereocenters. The molecule has 3 amide bonds. The van der Waals surface area contributed by atoms with Gasteiger partial charge in [0.2, 0.25) is 11.8 Å². The second-order valence-electron chi connectivity index (χ2n) is 7.42. The minimum absolute atomic E-state index is 0.0638. The van der Waals surface area contributed by atoms with Crippen LogP contribution in [0.4, 0.5) is 11.4 Å². The number of carbonyl (C=O) groups is 3. The number of benzene rings is 3. The molecule has 0 aliphatic carbocycles. The third-order valence-electron chi connectivity index (χ3n) is 5.29. The van der Waals surface area contributed by atoms with E-state index in [1.54, 1.807) is 30.3 Å². The number of nitrogens with one attached hydrogen (secondary N) is 3. The second kappa shape index (κ2) is 9.26. The number of para-hydroxylation sites is 2. The summed E-state index contributed by atoms with van der Waals surface area (Å²) in [5.41, 5.74) is 3.36. The molecule has 1 heterocycles. The van der Waals surface area contributed by atoms with Gasteiger partial charge in [0.15, 0.2) is 0 Å². The van der Waals surface area contributed by atoms with Crippen molar-refractivity contribution in [3.05, 3.63) is 95.6 Å². The van der Waals surface area contributed by atoms with E-state index < -0.39 is 5.92 Å². The Bertz CT molecular complexity index is 1110. The molecule has 0 saturated heterocycles. The number of hydrogen-bond acceptors (Lipinski definition) is 3. The minimum atomic E-state index is -0.612. The fourth-order valence-corrected chi connectivity index (χ4v) is 3.72. The molecule has 0 radical (unpaired) electrons. The van der Waals surface area contributed by atoms with Crippen molar-refractivity contribution in [2.45, 2.75) is 18.8 Å². The summed E-state index contributed by atoms with van der Waals surface area (Å²) < 4.78 is 0. The maximum Gasteiger partial charge on any atom is 0.253 e. The summed E-state index contributed by atoms with van der Waals surface area (Å²) in [4.78, 5) is 37.8. The van der Waals surface area contributed by atoms with Crippen molar-refractivity contribution in [3.8, 4) is 0 Å². The van der Waals surface area contributed by atoms with Crippen LogP contribution in [0.15, 0.2) is 78.9 Å². The first-order chi connectivity index (χ1) is 15.1. The van der Waals surface area contributed by atoms with E-state index in [4.69, 9.17) is 0 Å². The van der Waals surface area contributed by atoms with E-state index in [2.05, 4.69) is 16.0 Å². The molecule has 6 nitrogen and oxygen atoms in total. The lowest BCUT2D eigenvalue weighted by atomic mass is 9.89. The summed E-state index contributed by atoms with van der Waals surface area (Å²) in [5, 5.41) is 8.55. The molecule has 3 N–H and O–H groups in total. The fourth-order valence-electron chi connectivity index (χ4n) is 3.72. The molecule has 3 aromatic rings. The van der Waals surface area contributed by atoms with Gasteiger partial charge in [-0.25, -0.2) is 0 Å². The van der Waals surface area contributed by atoms with Crippen molar-refractivity contribution >= 4 is 29.1 Å². The average molecular weight is 413 g/mol. The SMILES string of the molecule is O=C1CC(C(=O)Nc2ccccc2C(=O)NCCc2ccccc2)c2ccccc2N1. The van der Waals surface area contributed by atoms with E-state index in [9.17, 15) is 14.4 Å². The number of fused-ring (bicyclic) bond motifs is 1. The Morgan fingerprint density at radius 3 is 2.45 bits per heavy atom. The molecule has 31 heavy (non-hydrogen) atoms. The van der Waals surface area contributed by atoms with Crippen molar-refractivity contribution in [1.82, 2.24) is 5.32 Å². The van der Waals surface area contributed by atoms with Gasteiger partial charge in [-0.05, 0) is 35.7 Å². The molecule has 4 rings (SSSR count). The van der Waals surface area contributed by atoms with E-state index in [0.717, 1.165) is 17.5 Å². The summed E-state index contributed by atoms with van der Waals surface area (Å²) in [5.74, 6) is -1.38. The lowest BCUT2D eigenvalue weighted by Gasteiger charge is -2.25. The maximum atomic E-state index is 13.0. The molecular weight excluding hydrogens is 390 g/mol. The number of rotatable bonds is 6. The summed E-state index contributed by atoms with van der Waals surface area (Å²) >= 11 is 0. The quantitative estimate of drug-likeness (QED) is 0.576. The third-order valence-corrected chi connectivity index (χ3v) is 5.29. The van der Waals surface area contributed by atoms with Crippen LogP contribution in [0.1, 0.15) is 33.8 Å². The Kier molecular flexibility index (Phi) is 6.08. The van der Waals surface area contributed by atoms with Gasteiger partial charge in [0.1, 0.15) is 0 Å². The zero-order valence-corrected chi connectivity index (χ0v) is 16.9. The lowest BCUT2D eigenvalue weighted by molar-refractivity contribution is -0.123. The highest BCUT2D eigenvalue weighted by Gasteiger charge is 2.31. The monoisotopic (exact) mass is 413 g/mol. The van der Waals surface area contributed by atoms with Gasteiger partial charge >= 0.3 is 0 Å². The van der Waals surface area contributed by atoms with Crippen LogP contribution in [0.2, 0.25) is 0 Å². The van der Waals surface area contributed by atoms with Gasteiger partial charge in [-0.15, -0.1) is 0 Å². The summed E-state index contributed by atoms with van der Waals surface area (Å²) in [6, 6.07) is 24.1. The first kappa shape index (κ1) is 20.3. The number of anilines is 2. The van der Waals surface area contributed by atoms with Crippen LogP contribution >= 0.6 is 0 Å². The Labute approximate surface area is 180 Å². The van der Waals surface area contributed by atoms with Gasteiger partial charge in [-0.1, -0.05) is 60.7 Å². The third kappa shape index (κ3) is 4.80. The summed E-state index contributed by atoms with van der Waals surface area (Å²) in [6.45, 7) is 0.487. The van der Waals surface area contributed by atoms with Crippen LogP contribution in [-0.4, -0.2) is 24.3 Å².